The number of halogens is 1. The quantitative estimate of drug-likeness (QED) is 0.199. The van der Waals surface area contributed by atoms with E-state index in [1.54, 1.807) is 19.3 Å². The Labute approximate surface area is 210 Å². The molecule has 1 aromatic carbocycles. The maximum Gasteiger partial charge on any atom is 0.309 e. The predicted octanol–water partition coefficient (Wildman–Crippen LogP) is 5.66. The number of esters is 1. The van der Waals surface area contributed by atoms with Crippen LogP contribution in [-0.2, 0) is 19.0 Å². The molecule has 0 spiro atoms. The van der Waals surface area contributed by atoms with E-state index in [0.29, 0.717) is 12.8 Å². The lowest BCUT2D eigenvalue weighted by molar-refractivity contribution is -0.151. The molecular formula is C26H35IO6. The summed E-state index contributed by atoms with van der Waals surface area (Å²) in [6.07, 6.45) is 2.09. The van der Waals surface area contributed by atoms with Crippen LogP contribution in [0.1, 0.15) is 51.9 Å². The molecule has 6 nitrogen and oxygen atoms in total. The van der Waals surface area contributed by atoms with Gasteiger partial charge < -0.3 is 24.1 Å². The molecule has 182 valence electrons. The van der Waals surface area contributed by atoms with Crippen molar-refractivity contribution in [3.05, 3.63) is 64.8 Å². The van der Waals surface area contributed by atoms with Gasteiger partial charge in [-0.3, -0.25) is 4.79 Å². The highest BCUT2D eigenvalue weighted by atomic mass is 127. The normalized spacial score (nSPS) is 25.7. The molecule has 0 aliphatic carbocycles. The maximum atomic E-state index is 12.5. The van der Waals surface area contributed by atoms with Crippen LogP contribution in [0.4, 0.5) is 0 Å². The van der Waals surface area contributed by atoms with Crippen LogP contribution in [0.15, 0.2) is 59.2 Å². The summed E-state index contributed by atoms with van der Waals surface area (Å²) in [5.74, 6) is 0.288. The average molecular weight is 570 g/mol. The Morgan fingerprint density at radius 1 is 1.33 bits per heavy atom. The van der Waals surface area contributed by atoms with Crippen LogP contribution in [0.25, 0.3) is 0 Å². The summed E-state index contributed by atoms with van der Waals surface area (Å²) < 4.78 is 25.0. The minimum absolute atomic E-state index is 0.0247. The van der Waals surface area contributed by atoms with Crippen molar-refractivity contribution in [1.82, 2.24) is 0 Å². The summed E-state index contributed by atoms with van der Waals surface area (Å²) >= 11 is 2.12. The van der Waals surface area contributed by atoms with Crippen molar-refractivity contribution in [2.75, 3.05) is 7.11 Å². The zero-order chi connectivity index (χ0) is 24.6. The first-order chi connectivity index (χ1) is 15.7. The van der Waals surface area contributed by atoms with Gasteiger partial charge in [0.1, 0.15) is 18.0 Å². The van der Waals surface area contributed by atoms with Gasteiger partial charge in [-0.05, 0) is 48.5 Å². The molecule has 0 saturated carbocycles. The molecular weight excluding hydrogens is 535 g/mol. The van der Waals surface area contributed by atoms with E-state index in [0.717, 1.165) is 16.9 Å². The maximum absolute atomic E-state index is 12.5. The van der Waals surface area contributed by atoms with E-state index < -0.39 is 30.1 Å². The first-order valence-electron chi connectivity index (χ1n) is 11.0. The van der Waals surface area contributed by atoms with E-state index in [-0.39, 0.29) is 18.4 Å². The molecule has 1 aliphatic heterocycles. The van der Waals surface area contributed by atoms with E-state index >= 15 is 0 Å². The van der Waals surface area contributed by atoms with Gasteiger partial charge in [0.05, 0.1) is 25.2 Å². The molecule has 1 fully saturated rings. The number of benzene rings is 1. The number of ether oxygens (including phenoxy) is 4. The van der Waals surface area contributed by atoms with Gasteiger partial charge in [-0.2, -0.15) is 0 Å². The van der Waals surface area contributed by atoms with Crippen LogP contribution in [0, 0.1) is 5.92 Å². The Morgan fingerprint density at radius 2 is 2.00 bits per heavy atom. The van der Waals surface area contributed by atoms with Gasteiger partial charge in [0.2, 0.25) is 0 Å². The molecule has 1 aromatic rings. The summed E-state index contributed by atoms with van der Waals surface area (Å²) in [6, 6.07) is 7.50. The minimum Gasteiger partial charge on any atom is -0.497 e. The van der Waals surface area contributed by atoms with E-state index in [1.807, 2.05) is 49.1 Å². The van der Waals surface area contributed by atoms with Gasteiger partial charge in [0.15, 0.2) is 6.29 Å². The number of hydrogen-bond donors (Lipinski definition) is 1. The van der Waals surface area contributed by atoms with Crippen LogP contribution >= 0.6 is 22.6 Å². The molecule has 1 unspecified atom stereocenters. The van der Waals surface area contributed by atoms with Crippen LogP contribution in [-0.4, -0.2) is 42.1 Å². The fourth-order valence-corrected chi connectivity index (χ4v) is 4.12. The lowest BCUT2D eigenvalue weighted by Gasteiger charge is -2.28. The SMILES string of the molecule is C=C[C@@H]1OC(c2ccc(OC)cc2)O[C@]1(C)CC[C@@H](O)CC(=O)O[C@H](/C(C)=C/I)[C@@H](C)C=C. The van der Waals surface area contributed by atoms with Gasteiger partial charge in [0, 0.05) is 11.5 Å². The fourth-order valence-electron chi connectivity index (χ4n) is 3.77. The standard InChI is InChI=1S/C26H35IO6/c1-7-17(3)24(18(4)16-27)32-23(29)15-20(28)13-14-26(5)22(8-2)31-25(33-26)19-9-11-21(30-6)12-10-19/h7-12,16-17,20,22,24-25,28H,1-2,13-15H2,3-6H3/b18-16+/t17-,20+,22-,24-,25?,26+/m0/s1. The molecule has 0 radical (unpaired) electrons. The minimum atomic E-state index is -0.855. The number of aliphatic hydroxyl groups is 1. The third-order valence-corrected chi connectivity index (χ3v) is 6.94. The lowest BCUT2D eigenvalue weighted by atomic mass is 9.91. The van der Waals surface area contributed by atoms with Crippen LogP contribution in [0.5, 0.6) is 5.75 Å². The summed E-state index contributed by atoms with van der Waals surface area (Å²) in [6.45, 7) is 13.5. The molecule has 0 amide bonds. The van der Waals surface area contributed by atoms with Gasteiger partial charge in [-0.15, -0.1) is 13.2 Å². The predicted molar refractivity (Wildman–Crippen MR) is 137 cm³/mol. The van der Waals surface area contributed by atoms with Crippen molar-refractivity contribution in [3.63, 3.8) is 0 Å². The number of hydrogen-bond acceptors (Lipinski definition) is 6. The highest BCUT2D eigenvalue weighted by Crippen LogP contribution is 2.42. The molecule has 1 heterocycles. The molecule has 0 aromatic heterocycles. The van der Waals surface area contributed by atoms with Crippen molar-refractivity contribution in [1.29, 1.82) is 0 Å². The number of rotatable bonds is 12. The second-order valence-electron chi connectivity index (χ2n) is 8.58. The van der Waals surface area contributed by atoms with Crippen molar-refractivity contribution < 1.29 is 28.8 Å². The van der Waals surface area contributed by atoms with Crippen molar-refractivity contribution in [2.24, 2.45) is 5.92 Å². The van der Waals surface area contributed by atoms with Gasteiger partial charge in [0.25, 0.3) is 0 Å². The molecule has 1 saturated heterocycles. The van der Waals surface area contributed by atoms with E-state index in [2.05, 4.69) is 35.7 Å². The van der Waals surface area contributed by atoms with Crippen molar-refractivity contribution in [3.8, 4) is 5.75 Å². The Bertz CT molecular complexity index is 836. The summed E-state index contributed by atoms with van der Waals surface area (Å²) in [5.41, 5.74) is 1.13. The zero-order valence-corrected chi connectivity index (χ0v) is 22.0. The number of carbonyl (C=O) groups is 1. The Morgan fingerprint density at radius 3 is 2.55 bits per heavy atom. The fraction of sp³-hybridized carbons (Fsp3) is 0.500. The summed E-state index contributed by atoms with van der Waals surface area (Å²) in [5, 5.41) is 10.5. The zero-order valence-electron chi connectivity index (χ0n) is 19.8. The Balaban J connectivity index is 1.95. The lowest BCUT2D eigenvalue weighted by Crippen LogP contribution is -2.36. The van der Waals surface area contributed by atoms with Gasteiger partial charge >= 0.3 is 5.97 Å². The van der Waals surface area contributed by atoms with Crippen molar-refractivity contribution in [2.45, 2.75) is 70.2 Å². The van der Waals surface area contributed by atoms with Crippen molar-refractivity contribution >= 4 is 28.6 Å². The largest absolute Gasteiger partial charge is 0.497 e. The highest BCUT2D eigenvalue weighted by molar-refractivity contribution is 14.1. The van der Waals surface area contributed by atoms with E-state index in [4.69, 9.17) is 18.9 Å². The topological polar surface area (TPSA) is 74.2 Å². The Kier molecular flexibility index (Phi) is 10.6. The monoisotopic (exact) mass is 570 g/mol. The smallest absolute Gasteiger partial charge is 0.309 e. The molecule has 2 rings (SSSR count). The van der Waals surface area contributed by atoms with Crippen LogP contribution in [0.3, 0.4) is 0 Å². The second-order valence-corrected chi connectivity index (χ2v) is 9.21. The molecule has 33 heavy (non-hydrogen) atoms. The molecule has 1 N–H and O–H groups in total. The summed E-state index contributed by atoms with van der Waals surface area (Å²) in [4.78, 5) is 12.5. The average Bonchev–Trinajstić information content (AvgIpc) is 3.17. The number of carbonyl (C=O) groups excluding carboxylic acids is 1. The van der Waals surface area contributed by atoms with E-state index in [1.165, 1.54) is 0 Å². The third kappa shape index (κ3) is 7.40. The Hall–Kier alpha value is -1.68. The van der Waals surface area contributed by atoms with Crippen LogP contribution < -0.4 is 4.74 Å². The van der Waals surface area contributed by atoms with Crippen LogP contribution in [0.2, 0.25) is 0 Å². The third-order valence-electron chi connectivity index (χ3n) is 5.96. The molecule has 7 heteroatoms. The highest BCUT2D eigenvalue weighted by Gasteiger charge is 2.45. The molecule has 6 atom stereocenters. The molecule has 0 bridgehead atoms. The first-order valence-corrected chi connectivity index (χ1v) is 12.3. The number of aliphatic hydroxyl groups excluding tert-OH is 1. The van der Waals surface area contributed by atoms with Gasteiger partial charge in [-0.1, -0.05) is 53.8 Å². The first kappa shape index (κ1) is 27.6. The second kappa shape index (κ2) is 12.7. The molecule has 1 aliphatic rings. The van der Waals surface area contributed by atoms with Gasteiger partial charge in [-0.25, -0.2) is 0 Å². The number of methoxy groups -OCH3 is 1. The van der Waals surface area contributed by atoms with E-state index in [9.17, 15) is 9.90 Å². The summed E-state index contributed by atoms with van der Waals surface area (Å²) in [7, 11) is 1.62.